The van der Waals surface area contributed by atoms with Crippen LogP contribution < -0.4 is 11.5 Å². The Kier molecular flexibility index (Phi) is 3.43. The number of nitrogens with two attached hydrogens (primary N) is 2. The number of nitrogens with one attached hydrogen (secondary N) is 1. The zero-order chi connectivity index (χ0) is 11.4. The topological polar surface area (TPSA) is 93.6 Å². The fraction of sp³-hybridized carbons (Fsp3) is 0.200. The lowest BCUT2D eigenvalue weighted by molar-refractivity contribution is 0.827. The van der Waals surface area contributed by atoms with Gasteiger partial charge in [0.25, 0.3) is 0 Å². The molecule has 1 unspecified atom stereocenters. The van der Waals surface area contributed by atoms with Gasteiger partial charge in [0, 0.05) is 11.8 Å². The molecule has 16 heavy (non-hydrogen) atoms. The van der Waals surface area contributed by atoms with Crippen LogP contribution in [0.4, 0.5) is 5.95 Å². The Morgan fingerprint density at radius 1 is 1.31 bits per heavy atom. The van der Waals surface area contributed by atoms with Gasteiger partial charge in [-0.25, -0.2) is 5.10 Å². The van der Waals surface area contributed by atoms with E-state index in [1.807, 2.05) is 30.3 Å². The summed E-state index contributed by atoms with van der Waals surface area (Å²) in [5.74, 6) is 1.05. The van der Waals surface area contributed by atoms with Crippen LogP contribution in [0.5, 0.6) is 0 Å². The van der Waals surface area contributed by atoms with Gasteiger partial charge in [-0.3, -0.25) is 0 Å². The molecule has 1 atom stereocenters. The molecule has 5 nitrogen and oxygen atoms in total. The lowest BCUT2D eigenvalue weighted by atomic mass is 10.1. The molecule has 84 valence electrons. The first-order valence-electron chi connectivity index (χ1n) is 4.87. The Morgan fingerprint density at radius 2 is 2.06 bits per heavy atom. The summed E-state index contributed by atoms with van der Waals surface area (Å²) in [5.41, 5.74) is 12.6. The molecule has 1 aromatic carbocycles. The molecule has 0 aliphatic rings. The third-order valence-electron chi connectivity index (χ3n) is 2.10. The first-order chi connectivity index (χ1) is 7.75. The number of hydrogen-bond donors (Lipinski definition) is 3. The normalized spacial score (nSPS) is 12.6. The maximum atomic E-state index is 6.03. The van der Waals surface area contributed by atoms with Crippen LogP contribution in [0.3, 0.4) is 0 Å². The van der Waals surface area contributed by atoms with Gasteiger partial charge in [0.05, 0.1) is 0 Å². The van der Waals surface area contributed by atoms with Gasteiger partial charge in [0.2, 0.25) is 11.1 Å². The van der Waals surface area contributed by atoms with Crippen molar-refractivity contribution in [3.05, 3.63) is 35.9 Å². The maximum absolute atomic E-state index is 6.03. The number of H-pyrrole nitrogens is 1. The number of aromatic nitrogens is 3. The summed E-state index contributed by atoms with van der Waals surface area (Å²) < 4.78 is 0. The Balaban J connectivity index is 1.91. The predicted octanol–water partition coefficient (Wildman–Crippen LogP) is 1.18. The molecule has 0 saturated carbocycles. The molecule has 1 heterocycles. The van der Waals surface area contributed by atoms with Gasteiger partial charge in [0.1, 0.15) is 0 Å². The Hall–Kier alpha value is -1.53. The average Bonchev–Trinajstić information content (AvgIpc) is 2.73. The highest BCUT2D eigenvalue weighted by molar-refractivity contribution is 7.99. The van der Waals surface area contributed by atoms with Gasteiger partial charge in [-0.2, -0.15) is 4.98 Å². The molecular formula is C10H13N5S. The summed E-state index contributed by atoms with van der Waals surface area (Å²) in [6.45, 7) is 0. The van der Waals surface area contributed by atoms with E-state index < -0.39 is 0 Å². The number of benzene rings is 1. The summed E-state index contributed by atoms with van der Waals surface area (Å²) in [4.78, 5) is 3.99. The van der Waals surface area contributed by atoms with Crippen LogP contribution in [0, 0.1) is 0 Å². The van der Waals surface area contributed by atoms with Crippen molar-refractivity contribution in [3.63, 3.8) is 0 Å². The van der Waals surface area contributed by atoms with E-state index >= 15 is 0 Å². The summed E-state index contributed by atoms with van der Waals surface area (Å²) in [5, 5.41) is 7.14. The quantitative estimate of drug-likeness (QED) is 0.692. The molecule has 5 N–H and O–H groups in total. The highest BCUT2D eigenvalue weighted by Crippen LogP contribution is 2.20. The average molecular weight is 235 g/mol. The lowest BCUT2D eigenvalue weighted by Crippen LogP contribution is -2.12. The van der Waals surface area contributed by atoms with Gasteiger partial charge in [0.15, 0.2) is 0 Å². The summed E-state index contributed by atoms with van der Waals surface area (Å²) in [6.07, 6.45) is 0. The van der Waals surface area contributed by atoms with E-state index in [0.29, 0.717) is 11.1 Å². The fourth-order valence-corrected chi connectivity index (χ4v) is 2.08. The van der Waals surface area contributed by atoms with Crippen molar-refractivity contribution in [2.75, 3.05) is 11.5 Å². The number of aromatic amines is 1. The largest absolute Gasteiger partial charge is 0.368 e. The molecule has 0 fully saturated rings. The second-order valence-corrected chi connectivity index (χ2v) is 4.32. The van der Waals surface area contributed by atoms with Crippen molar-refractivity contribution in [3.8, 4) is 0 Å². The highest BCUT2D eigenvalue weighted by atomic mass is 32.2. The van der Waals surface area contributed by atoms with Crippen molar-refractivity contribution in [2.24, 2.45) is 5.73 Å². The molecule has 0 bridgehead atoms. The van der Waals surface area contributed by atoms with Gasteiger partial charge in [-0.1, -0.05) is 42.1 Å². The van der Waals surface area contributed by atoms with E-state index in [0.717, 1.165) is 11.3 Å². The standard InChI is InChI=1S/C10H13N5S/c11-8(7-4-2-1-3-5-7)6-16-10-13-9(12)14-15-10/h1-5,8H,6,11H2,(H3,12,13,14,15). The van der Waals surface area contributed by atoms with Crippen LogP contribution in [0.25, 0.3) is 0 Å². The van der Waals surface area contributed by atoms with Crippen LogP contribution in [0.2, 0.25) is 0 Å². The minimum absolute atomic E-state index is 0.0223. The molecule has 2 aromatic rings. The van der Waals surface area contributed by atoms with Crippen LogP contribution in [-0.4, -0.2) is 20.9 Å². The Bertz CT molecular complexity index is 441. The van der Waals surface area contributed by atoms with Crippen molar-refractivity contribution in [2.45, 2.75) is 11.2 Å². The number of nitrogen functional groups attached to an aromatic ring is 1. The first-order valence-corrected chi connectivity index (χ1v) is 5.85. The third-order valence-corrected chi connectivity index (χ3v) is 3.07. The molecule has 0 aliphatic heterocycles. The summed E-state index contributed by atoms with van der Waals surface area (Å²) in [7, 11) is 0. The maximum Gasteiger partial charge on any atom is 0.216 e. The van der Waals surface area contributed by atoms with Crippen molar-refractivity contribution in [1.82, 2.24) is 15.2 Å². The zero-order valence-electron chi connectivity index (χ0n) is 8.63. The smallest absolute Gasteiger partial charge is 0.216 e. The SMILES string of the molecule is Nc1nc(SCC(N)c2ccccc2)n[nH]1. The minimum Gasteiger partial charge on any atom is -0.368 e. The van der Waals surface area contributed by atoms with Crippen molar-refractivity contribution in [1.29, 1.82) is 0 Å². The molecule has 6 heteroatoms. The highest BCUT2D eigenvalue weighted by Gasteiger charge is 2.08. The summed E-state index contributed by atoms with van der Waals surface area (Å²) in [6, 6.07) is 9.93. The molecule has 0 aliphatic carbocycles. The summed E-state index contributed by atoms with van der Waals surface area (Å²) >= 11 is 1.49. The zero-order valence-corrected chi connectivity index (χ0v) is 9.45. The Labute approximate surface area is 97.6 Å². The fourth-order valence-electron chi connectivity index (χ4n) is 1.28. The monoisotopic (exact) mass is 235 g/mol. The predicted molar refractivity (Wildman–Crippen MR) is 64.9 cm³/mol. The molecule has 0 saturated heterocycles. The van der Waals surface area contributed by atoms with Gasteiger partial charge >= 0.3 is 0 Å². The van der Waals surface area contributed by atoms with Crippen LogP contribution >= 0.6 is 11.8 Å². The van der Waals surface area contributed by atoms with Gasteiger partial charge < -0.3 is 11.5 Å². The molecule has 0 spiro atoms. The van der Waals surface area contributed by atoms with Crippen molar-refractivity contribution < 1.29 is 0 Å². The van der Waals surface area contributed by atoms with E-state index in [9.17, 15) is 0 Å². The van der Waals surface area contributed by atoms with E-state index in [1.54, 1.807) is 0 Å². The van der Waals surface area contributed by atoms with Crippen LogP contribution in [0.1, 0.15) is 11.6 Å². The lowest BCUT2D eigenvalue weighted by Gasteiger charge is -2.09. The second kappa shape index (κ2) is 5.00. The molecule has 2 rings (SSSR count). The molecular weight excluding hydrogens is 222 g/mol. The van der Waals surface area contributed by atoms with Gasteiger partial charge in [-0.15, -0.1) is 5.10 Å². The van der Waals surface area contributed by atoms with E-state index in [-0.39, 0.29) is 6.04 Å². The number of rotatable bonds is 4. The molecule has 1 aromatic heterocycles. The molecule has 0 amide bonds. The van der Waals surface area contributed by atoms with Crippen molar-refractivity contribution >= 4 is 17.7 Å². The minimum atomic E-state index is -0.0223. The molecule has 0 radical (unpaired) electrons. The van der Waals surface area contributed by atoms with E-state index in [1.165, 1.54) is 11.8 Å². The van der Waals surface area contributed by atoms with Crippen LogP contribution in [0.15, 0.2) is 35.5 Å². The number of hydrogen-bond acceptors (Lipinski definition) is 5. The third kappa shape index (κ3) is 2.74. The Morgan fingerprint density at radius 3 is 2.69 bits per heavy atom. The first kappa shape index (κ1) is 11.0. The van der Waals surface area contributed by atoms with Crippen LogP contribution in [-0.2, 0) is 0 Å². The second-order valence-electron chi connectivity index (χ2n) is 3.33. The van der Waals surface area contributed by atoms with E-state index in [4.69, 9.17) is 11.5 Å². The number of nitrogens with zero attached hydrogens (tertiary/aromatic N) is 2. The van der Waals surface area contributed by atoms with E-state index in [2.05, 4.69) is 15.2 Å². The number of thioether (sulfide) groups is 1. The number of anilines is 1. The van der Waals surface area contributed by atoms with Gasteiger partial charge in [-0.05, 0) is 5.56 Å².